The molecular formula is C11H10F5NO3. The first-order valence-electron chi connectivity index (χ1n) is 5.27. The minimum atomic E-state index is -2.35. The van der Waals surface area contributed by atoms with Crippen LogP contribution in [-0.2, 0) is 4.74 Å². The average molecular weight is 299 g/mol. The van der Waals surface area contributed by atoms with E-state index in [-0.39, 0.29) is 6.61 Å². The van der Waals surface area contributed by atoms with E-state index in [1.165, 1.54) is 7.11 Å². The molecule has 0 radical (unpaired) electrons. The van der Waals surface area contributed by atoms with E-state index in [0.717, 1.165) is 0 Å². The highest BCUT2D eigenvalue weighted by Crippen LogP contribution is 2.22. The second-order valence-electron chi connectivity index (χ2n) is 3.75. The SMILES string of the molecule is COCC(CO)NC(=O)c1c(F)c(F)c(F)c(F)c1F. The molecule has 0 aliphatic rings. The molecule has 1 amide bonds. The Hall–Kier alpha value is -1.74. The molecule has 0 fully saturated rings. The summed E-state index contributed by atoms with van der Waals surface area (Å²) in [5.41, 5.74) is -1.61. The smallest absolute Gasteiger partial charge is 0.257 e. The molecule has 0 bridgehead atoms. The lowest BCUT2D eigenvalue weighted by molar-refractivity contribution is 0.0829. The van der Waals surface area contributed by atoms with Crippen LogP contribution in [-0.4, -0.2) is 37.4 Å². The highest BCUT2D eigenvalue weighted by Gasteiger charge is 2.30. The molecule has 20 heavy (non-hydrogen) atoms. The number of halogens is 5. The number of aliphatic hydroxyl groups excluding tert-OH is 1. The Bertz CT molecular complexity index is 494. The third kappa shape index (κ3) is 3.05. The van der Waals surface area contributed by atoms with Gasteiger partial charge in [-0.05, 0) is 0 Å². The van der Waals surface area contributed by atoms with E-state index >= 15 is 0 Å². The number of nitrogens with one attached hydrogen (secondary N) is 1. The van der Waals surface area contributed by atoms with Crippen LogP contribution in [0.5, 0.6) is 0 Å². The summed E-state index contributed by atoms with van der Waals surface area (Å²) in [4.78, 5) is 11.5. The summed E-state index contributed by atoms with van der Waals surface area (Å²) in [5, 5.41) is 10.7. The van der Waals surface area contributed by atoms with E-state index in [1.807, 2.05) is 5.32 Å². The van der Waals surface area contributed by atoms with E-state index in [9.17, 15) is 26.7 Å². The fourth-order valence-corrected chi connectivity index (χ4v) is 1.40. The number of rotatable bonds is 5. The topological polar surface area (TPSA) is 58.6 Å². The number of aliphatic hydroxyl groups is 1. The van der Waals surface area contributed by atoms with Crippen molar-refractivity contribution in [1.29, 1.82) is 0 Å². The van der Waals surface area contributed by atoms with E-state index in [4.69, 9.17) is 5.11 Å². The van der Waals surface area contributed by atoms with Gasteiger partial charge in [-0.25, -0.2) is 22.0 Å². The first-order valence-corrected chi connectivity index (χ1v) is 5.27. The van der Waals surface area contributed by atoms with Gasteiger partial charge in [0.15, 0.2) is 23.3 Å². The minimum Gasteiger partial charge on any atom is -0.394 e. The number of carbonyl (C=O) groups is 1. The number of hydrogen-bond acceptors (Lipinski definition) is 3. The lowest BCUT2D eigenvalue weighted by atomic mass is 10.1. The van der Waals surface area contributed by atoms with Crippen molar-refractivity contribution in [3.63, 3.8) is 0 Å². The Kier molecular flexibility index (Phi) is 5.40. The van der Waals surface area contributed by atoms with E-state index in [2.05, 4.69) is 4.74 Å². The average Bonchev–Trinajstić information content (AvgIpc) is 2.42. The van der Waals surface area contributed by atoms with Crippen LogP contribution in [0.2, 0.25) is 0 Å². The van der Waals surface area contributed by atoms with Gasteiger partial charge >= 0.3 is 0 Å². The Balaban J connectivity index is 3.17. The zero-order chi connectivity index (χ0) is 15.4. The second kappa shape index (κ2) is 6.62. The van der Waals surface area contributed by atoms with Crippen LogP contribution in [0.1, 0.15) is 10.4 Å². The predicted molar refractivity (Wildman–Crippen MR) is 56.4 cm³/mol. The van der Waals surface area contributed by atoms with Crippen LogP contribution >= 0.6 is 0 Å². The Morgan fingerprint density at radius 3 is 1.95 bits per heavy atom. The summed E-state index contributed by atoms with van der Waals surface area (Å²) in [6, 6.07) is -1.05. The fourth-order valence-electron chi connectivity index (χ4n) is 1.40. The summed E-state index contributed by atoms with van der Waals surface area (Å²) >= 11 is 0. The van der Waals surface area contributed by atoms with Crippen molar-refractivity contribution >= 4 is 5.91 Å². The molecule has 0 heterocycles. The molecule has 1 aromatic carbocycles. The summed E-state index contributed by atoms with van der Waals surface area (Å²) in [6.07, 6.45) is 0. The van der Waals surface area contributed by atoms with Gasteiger partial charge in [-0.1, -0.05) is 0 Å². The van der Waals surface area contributed by atoms with E-state index in [1.54, 1.807) is 0 Å². The number of methoxy groups -OCH3 is 1. The van der Waals surface area contributed by atoms with Gasteiger partial charge in [-0.15, -0.1) is 0 Å². The highest BCUT2D eigenvalue weighted by molar-refractivity contribution is 5.95. The van der Waals surface area contributed by atoms with Crippen molar-refractivity contribution in [2.75, 3.05) is 20.3 Å². The molecule has 0 aromatic heterocycles. The maximum absolute atomic E-state index is 13.3. The number of hydrogen-bond donors (Lipinski definition) is 2. The molecule has 1 atom stereocenters. The number of amides is 1. The van der Waals surface area contributed by atoms with Gasteiger partial charge in [0, 0.05) is 7.11 Å². The van der Waals surface area contributed by atoms with Crippen LogP contribution in [0, 0.1) is 29.1 Å². The molecule has 9 heteroatoms. The first-order chi connectivity index (χ1) is 9.34. The number of ether oxygens (including phenoxy) is 1. The predicted octanol–water partition coefficient (Wildman–Crippen LogP) is 1.12. The van der Waals surface area contributed by atoms with Gasteiger partial charge in [0.2, 0.25) is 5.82 Å². The molecule has 0 spiro atoms. The lowest BCUT2D eigenvalue weighted by Gasteiger charge is -2.16. The normalized spacial score (nSPS) is 12.3. The van der Waals surface area contributed by atoms with Crippen molar-refractivity contribution in [3.8, 4) is 0 Å². The molecule has 0 aliphatic carbocycles. The monoisotopic (exact) mass is 299 g/mol. The van der Waals surface area contributed by atoms with Crippen LogP contribution in [0.3, 0.4) is 0 Å². The zero-order valence-corrected chi connectivity index (χ0v) is 10.1. The number of benzene rings is 1. The van der Waals surface area contributed by atoms with Crippen molar-refractivity contribution in [3.05, 3.63) is 34.6 Å². The summed E-state index contributed by atoms with van der Waals surface area (Å²) in [7, 11) is 1.23. The van der Waals surface area contributed by atoms with Gasteiger partial charge in [-0.3, -0.25) is 4.79 Å². The molecule has 112 valence electrons. The molecule has 2 N–H and O–H groups in total. The molecule has 4 nitrogen and oxygen atoms in total. The molecule has 0 saturated heterocycles. The molecule has 0 saturated carbocycles. The molecule has 0 aliphatic heterocycles. The van der Waals surface area contributed by atoms with Crippen molar-refractivity contribution in [2.45, 2.75) is 6.04 Å². The van der Waals surface area contributed by atoms with Crippen molar-refractivity contribution in [1.82, 2.24) is 5.32 Å². The van der Waals surface area contributed by atoms with Gasteiger partial charge in [0.1, 0.15) is 5.56 Å². The van der Waals surface area contributed by atoms with Crippen LogP contribution < -0.4 is 5.32 Å². The van der Waals surface area contributed by atoms with Crippen LogP contribution in [0.4, 0.5) is 22.0 Å². The Morgan fingerprint density at radius 1 is 1.10 bits per heavy atom. The van der Waals surface area contributed by atoms with Gasteiger partial charge in [0.25, 0.3) is 5.91 Å². The Morgan fingerprint density at radius 2 is 1.55 bits per heavy atom. The minimum absolute atomic E-state index is 0.211. The van der Waals surface area contributed by atoms with E-state index in [0.29, 0.717) is 0 Å². The molecule has 1 rings (SSSR count). The zero-order valence-electron chi connectivity index (χ0n) is 10.1. The molecular weight excluding hydrogens is 289 g/mol. The second-order valence-corrected chi connectivity index (χ2v) is 3.75. The van der Waals surface area contributed by atoms with Gasteiger partial charge in [-0.2, -0.15) is 0 Å². The summed E-state index contributed by atoms with van der Waals surface area (Å²) in [5.74, 6) is -12.8. The lowest BCUT2D eigenvalue weighted by Crippen LogP contribution is -2.41. The Labute approximate surface area is 110 Å². The third-order valence-electron chi connectivity index (χ3n) is 2.36. The van der Waals surface area contributed by atoms with Gasteiger partial charge < -0.3 is 15.2 Å². The third-order valence-corrected chi connectivity index (χ3v) is 2.36. The highest BCUT2D eigenvalue weighted by atomic mass is 19.2. The fraction of sp³-hybridized carbons (Fsp3) is 0.364. The summed E-state index contributed by atoms with van der Waals surface area (Å²) < 4.78 is 69.8. The van der Waals surface area contributed by atoms with Gasteiger partial charge in [0.05, 0.1) is 19.3 Å². The van der Waals surface area contributed by atoms with Crippen LogP contribution in [0.15, 0.2) is 0 Å². The maximum Gasteiger partial charge on any atom is 0.257 e. The quantitative estimate of drug-likeness (QED) is 0.487. The molecule has 1 aromatic rings. The maximum atomic E-state index is 13.3. The van der Waals surface area contributed by atoms with E-state index < -0.39 is 53.2 Å². The molecule has 1 unspecified atom stereocenters. The summed E-state index contributed by atoms with van der Waals surface area (Å²) in [6.45, 7) is -0.855. The van der Waals surface area contributed by atoms with Crippen molar-refractivity contribution < 1.29 is 36.6 Å². The number of carbonyl (C=O) groups excluding carboxylic acids is 1. The standard InChI is InChI=1S/C11H10F5NO3/c1-20-3-4(2-18)17-11(19)5-6(12)8(14)10(16)9(15)7(5)13/h4,18H,2-3H2,1H3,(H,17,19). The van der Waals surface area contributed by atoms with Crippen LogP contribution in [0.25, 0.3) is 0 Å². The largest absolute Gasteiger partial charge is 0.394 e. The van der Waals surface area contributed by atoms with Crippen molar-refractivity contribution in [2.24, 2.45) is 0 Å². The first kappa shape index (κ1) is 16.3.